The summed E-state index contributed by atoms with van der Waals surface area (Å²) in [6.45, 7) is 1.27. The first kappa shape index (κ1) is 19.2. The van der Waals surface area contributed by atoms with Crippen LogP contribution >= 0.6 is 11.3 Å². The molecule has 2 N–H and O–H groups in total. The maximum atomic E-state index is 12.7. The topological polar surface area (TPSA) is 61.4 Å². The number of hydrogen-bond donors (Lipinski definition) is 2. The number of benzene rings is 2. The van der Waals surface area contributed by atoms with Crippen molar-refractivity contribution in [1.82, 2.24) is 5.32 Å². The summed E-state index contributed by atoms with van der Waals surface area (Å²) < 4.78 is 0. The number of thiophene rings is 1. The number of urea groups is 1. The van der Waals surface area contributed by atoms with Crippen LogP contribution in [0.25, 0.3) is 0 Å². The van der Waals surface area contributed by atoms with Gasteiger partial charge in [-0.2, -0.15) is 0 Å². The second-order valence-electron chi connectivity index (χ2n) is 7.00. The third kappa shape index (κ3) is 4.66. The molecule has 0 spiro atoms. The molecule has 2 heterocycles. The highest BCUT2D eigenvalue weighted by atomic mass is 32.1. The number of carbonyl (C=O) groups is 2. The molecule has 0 atom stereocenters. The van der Waals surface area contributed by atoms with E-state index in [4.69, 9.17) is 0 Å². The minimum absolute atomic E-state index is 0.0151. The van der Waals surface area contributed by atoms with E-state index in [0.717, 1.165) is 35.4 Å². The van der Waals surface area contributed by atoms with E-state index in [1.54, 1.807) is 4.90 Å². The van der Waals surface area contributed by atoms with Gasteiger partial charge in [0.1, 0.15) is 0 Å². The first-order chi connectivity index (χ1) is 14.2. The van der Waals surface area contributed by atoms with E-state index >= 15 is 0 Å². The lowest BCUT2D eigenvalue weighted by atomic mass is 10.1. The average molecular weight is 406 g/mol. The zero-order valence-electron chi connectivity index (χ0n) is 16.1. The van der Waals surface area contributed by atoms with Gasteiger partial charge in [0.2, 0.25) is 0 Å². The van der Waals surface area contributed by atoms with Crippen molar-refractivity contribution in [3.63, 3.8) is 0 Å². The van der Waals surface area contributed by atoms with E-state index in [9.17, 15) is 9.59 Å². The molecule has 3 aromatic rings. The summed E-state index contributed by atoms with van der Waals surface area (Å²) in [4.78, 5) is 27.5. The number of hydrogen-bond acceptors (Lipinski definition) is 3. The molecule has 6 heteroatoms. The molecule has 4 rings (SSSR count). The summed E-state index contributed by atoms with van der Waals surface area (Å²) >= 11 is 1.45. The molecule has 2 aromatic carbocycles. The molecule has 1 aliphatic heterocycles. The van der Waals surface area contributed by atoms with Crippen molar-refractivity contribution in [2.24, 2.45) is 0 Å². The Labute approximate surface area is 174 Å². The van der Waals surface area contributed by atoms with Crippen molar-refractivity contribution in [1.29, 1.82) is 0 Å². The minimum Gasteiger partial charge on any atom is -0.338 e. The standard InChI is InChI=1S/C23H23N3O2S/c27-22(21-9-5-15-29-21)26-14-12-18-10-11-19(16-20(18)26)25-23(28)24-13-4-8-17-6-2-1-3-7-17/h1-3,5-7,9-11,15-16H,4,8,12-14H2,(H2,24,25,28). The second kappa shape index (κ2) is 8.92. The predicted molar refractivity (Wildman–Crippen MR) is 118 cm³/mol. The first-order valence-electron chi connectivity index (χ1n) is 9.78. The highest BCUT2D eigenvalue weighted by molar-refractivity contribution is 7.12. The predicted octanol–water partition coefficient (Wildman–Crippen LogP) is 4.71. The smallest absolute Gasteiger partial charge is 0.319 e. The number of nitrogens with zero attached hydrogens (tertiary/aromatic N) is 1. The lowest BCUT2D eigenvalue weighted by molar-refractivity contribution is 0.0993. The van der Waals surface area contributed by atoms with Crippen LogP contribution in [0, 0.1) is 0 Å². The largest absolute Gasteiger partial charge is 0.338 e. The molecule has 3 amide bonds. The van der Waals surface area contributed by atoms with Crippen molar-refractivity contribution >= 4 is 34.6 Å². The van der Waals surface area contributed by atoms with Crippen LogP contribution in [0.15, 0.2) is 66.0 Å². The van der Waals surface area contributed by atoms with Crippen molar-refractivity contribution in [3.05, 3.63) is 82.0 Å². The van der Waals surface area contributed by atoms with Gasteiger partial charge in [0.25, 0.3) is 5.91 Å². The molecule has 0 saturated carbocycles. The fourth-order valence-corrected chi connectivity index (χ4v) is 4.19. The van der Waals surface area contributed by atoms with E-state index in [0.29, 0.717) is 18.8 Å². The Hall–Kier alpha value is -3.12. The molecule has 148 valence electrons. The molecule has 1 aliphatic rings. The van der Waals surface area contributed by atoms with E-state index < -0.39 is 0 Å². The number of fused-ring (bicyclic) bond motifs is 1. The summed E-state index contributed by atoms with van der Waals surface area (Å²) in [6, 6.07) is 19.5. The lowest BCUT2D eigenvalue weighted by Crippen LogP contribution is -2.30. The number of amides is 3. The molecule has 0 bridgehead atoms. The van der Waals surface area contributed by atoms with Crippen LogP contribution in [0.2, 0.25) is 0 Å². The first-order valence-corrected chi connectivity index (χ1v) is 10.7. The molecular formula is C23H23N3O2S. The second-order valence-corrected chi connectivity index (χ2v) is 7.95. The molecule has 0 fully saturated rings. The van der Waals surface area contributed by atoms with Crippen molar-refractivity contribution in [3.8, 4) is 0 Å². The van der Waals surface area contributed by atoms with Crippen LogP contribution in [0.5, 0.6) is 0 Å². The quantitative estimate of drug-likeness (QED) is 0.584. The van der Waals surface area contributed by atoms with Gasteiger partial charge in [0, 0.05) is 24.5 Å². The Morgan fingerprint density at radius 1 is 1.03 bits per heavy atom. The van der Waals surface area contributed by atoms with E-state index in [-0.39, 0.29) is 11.9 Å². The Bertz CT molecular complexity index is 987. The summed E-state index contributed by atoms with van der Waals surface area (Å²) in [5.74, 6) is 0.0151. The van der Waals surface area contributed by atoms with E-state index in [2.05, 4.69) is 22.8 Å². The fourth-order valence-electron chi connectivity index (χ4n) is 3.52. The zero-order valence-corrected chi connectivity index (χ0v) is 16.9. The van der Waals surface area contributed by atoms with Gasteiger partial charge in [-0.15, -0.1) is 11.3 Å². The van der Waals surface area contributed by atoms with Crippen LogP contribution in [0.4, 0.5) is 16.2 Å². The fraction of sp³-hybridized carbons (Fsp3) is 0.217. The van der Waals surface area contributed by atoms with E-state index in [1.165, 1.54) is 16.9 Å². The molecule has 29 heavy (non-hydrogen) atoms. The summed E-state index contributed by atoms with van der Waals surface area (Å²) in [7, 11) is 0. The summed E-state index contributed by atoms with van der Waals surface area (Å²) in [5.41, 5.74) is 3.97. The molecule has 0 unspecified atom stereocenters. The number of aryl methyl sites for hydroxylation is 1. The Morgan fingerprint density at radius 3 is 2.69 bits per heavy atom. The number of nitrogens with one attached hydrogen (secondary N) is 2. The van der Waals surface area contributed by atoms with Crippen molar-refractivity contribution in [2.75, 3.05) is 23.3 Å². The van der Waals surface area contributed by atoms with Crippen molar-refractivity contribution in [2.45, 2.75) is 19.3 Å². The SMILES string of the molecule is O=C(NCCCc1ccccc1)Nc1ccc2c(c1)N(C(=O)c1cccs1)CC2. The maximum absolute atomic E-state index is 12.7. The highest BCUT2D eigenvalue weighted by Crippen LogP contribution is 2.32. The molecule has 0 radical (unpaired) electrons. The van der Waals surface area contributed by atoms with Crippen LogP contribution in [0.3, 0.4) is 0 Å². The number of carbonyl (C=O) groups excluding carboxylic acids is 2. The van der Waals surface area contributed by atoms with Gasteiger partial charge < -0.3 is 15.5 Å². The van der Waals surface area contributed by atoms with Crippen LogP contribution in [-0.2, 0) is 12.8 Å². The highest BCUT2D eigenvalue weighted by Gasteiger charge is 2.26. The van der Waals surface area contributed by atoms with Gasteiger partial charge in [-0.05, 0) is 54.0 Å². The molecule has 0 saturated heterocycles. The Morgan fingerprint density at radius 2 is 1.90 bits per heavy atom. The average Bonchev–Trinajstić information content (AvgIpc) is 3.41. The van der Waals surface area contributed by atoms with E-state index in [1.807, 2.05) is 53.9 Å². The molecule has 5 nitrogen and oxygen atoms in total. The van der Waals surface area contributed by atoms with Crippen LogP contribution in [0.1, 0.15) is 27.2 Å². The van der Waals surface area contributed by atoms with Gasteiger partial charge >= 0.3 is 6.03 Å². The third-order valence-electron chi connectivity index (χ3n) is 4.99. The van der Waals surface area contributed by atoms with Gasteiger partial charge in [-0.25, -0.2) is 4.79 Å². The summed E-state index contributed by atoms with van der Waals surface area (Å²) in [6.07, 6.45) is 2.64. The van der Waals surface area contributed by atoms with Gasteiger partial charge in [0.15, 0.2) is 0 Å². The van der Waals surface area contributed by atoms with Gasteiger partial charge in [-0.3, -0.25) is 4.79 Å². The molecule has 0 aliphatic carbocycles. The number of anilines is 2. The van der Waals surface area contributed by atoms with Crippen molar-refractivity contribution < 1.29 is 9.59 Å². The Balaban J connectivity index is 1.32. The summed E-state index contributed by atoms with van der Waals surface area (Å²) in [5, 5.41) is 7.68. The normalized spacial score (nSPS) is 12.5. The maximum Gasteiger partial charge on any atom is 0.319 e. The minimum atomic E-state index is -0.229. The monoisotopic (exact) mass is 405 g/mol. The third-order valence-corrected chi connectivity index (χ3v) is 5.84. The number of rotatable bonds is 6. The molecule has 1 aromatic heterocycles. The van der Waals surface area contributed by atoms with Crippen LogP contribution in [-0.4, -0.2) is 25.0 Å². The lowest BCUT2D eigenvalue weighted by Gasteiger charge is -2.17. The molecular weight excluding hydrogens is 382 g/mol. The van der Waals surface area contributed by atoms with Crippen LogP contribution < -0.4 is 15.5 Å². The Kier molecular flexibility index (Phi) is 5.91. The zero-order chi connectivity index (χ0) is 20.1. The van der Waals surface area contributed by atoms with Gasteiger partial charge in [0.05, 0.1) is 4.88 Å². The van der Waals surface area contributed by atoms with Gasteiger partial charge in [-0.1, -0.05) is 42.5 Å².